The molecule has 2 aromatic rings. The second kappa shape index (κ2) is 6.17. The lowest BCUT2D eigenvalue weighted by Gasteiger charge is -2.26. The van der Waals surface area contributed by atoms with Crippen molar-refractivity contribution in [1.82, 2.24) is 4.98 Å². The van der Waals surface area contributed by atoms with Crippen LogP contribution in [-0.4, -0.2) is 19.2 Å². The zero-order valence-corrected chi connectivity index (χ0v) is 13.3. The number of hydrogen-bond acceptors (Lipinski definition) is 5. The Morgan fingerprint density at radius 2 is 1.87 bits per heavy atom. The van der Waals surface area contributed by atoms with Crippen molar-refractivity contribution in [3.63, 3.8) is 0 Å². The Hall–Kier alpha value is -2.74. The second-order valence-electron chi connectivity index (χ2n) is 5.63. The normalized spacial score (nSPS) is 14.0. The van der Waals surface area contributed by atoms with Gasteiger partial charge >= 0.3 is 0 Å². The summed E-state index contributed by atoms with van der Waals surface area (Å²) in [5.74, 6) is 1.97. The number of methoxy groups -OCH3 is 2. The molecule has 1 aliphatic rings. The minimum atomic E-state index is 0.264. The van der Waals surface area contributed by atoms with Gasteiger partial charge in [-0.1, -0.05) is 12.5 Å². The Morgan fingerprint density at radius 3 is 2.35 bits per heavy atom. The Labute approximate surface area is 135 Å². The SMILES string of the molecule is COc1cccc(OC)c1-c1cc(C2CCC2)nc(N)c1C#N. The number of hydrogen-bond donors (Lipinski definition) is 1. The number of nitriles is 1. The molecule has 0 bridgehead atoms. The molecule has 0 unspecified atom stereocenters. The maximum atomic E-state index is 9.54. The number of nitrogen functional groups attached to an aromatic ring is 1. The van der Waals surface area contributed by atoms with Crippen LogP contribution in [0.5, 0.6) is 11.5 Å². The highest BCUT2D eigenvalue weighted by Crippen LogP contribution is 2.43. The third kappa shape index (κ3) is 2.57. The highest BCUT2D eigenvalue weighted by atomic mass is 16.5. The van der Waals surface area contributed by atoms with Crippen molar-refractivity contribution in [2.45, 2.75) is 25.2 Å². The molecule has 5 heteroatoms. The molecule has 1 aromatic carbocycles. The topological polar surface area (TPSA) is 81.2 Å². The first kappa shape index (κ1) is 15.2. The van der Waals surface area contributed by atoms with E-state index in [-0.39, 0.29) is 5.82 Å². The molecule has 0 aliphatic heterocycles. The molecule has 23 heavy (non-hydrogen) atoms. The molecule has 5 nitrogen and oxygen atoms in total. The summed E-state index contributed by atoms with van der Waals surface area (Å²) in [4.78, 5) is 4.44. The van der Waals surface area contributed by atoms with Gasteiger partial charge in [0, 0.05) is 17.2 Å². The quantitative estimate of drug-likeness (QED) is 0.935. The highest BCUT2D eigenvalue weighted by Gasteiger charge is 2.25. The molecule has 1 aliphatic carbocycles. The van der Waals surface area contributed by atoms with Crippen LogP contribution in [0.4, 0.5) is 5.82 Å². The third-order valence-corrected chi connectivity index (χ3v) is 4.40. The number of benzene rings is 1. The van der Waals surface area contributed by atoms with E-state index in [1.807, 2.05) is 24.3 Å². The first-order chi connectivity index (χ1) is 11.2. The fraction of sp³-hybridized carbons (Fsp3) is 0.333. The Kier molecular flexibility index (Phi) is 4.07. The Balaban J connectivity index is 2.26. The zero-order valence-electron chi connectivity index (χ0n) is 13.3. The van der Waals surface area contributed by atoms with Crippen molar-refractivity contribution >= 4 is 5.82 Å². The van der Waals surface area contributed by atoms with Crippen molar-refractivity contribution < 1.29 is 9.47 Å². The van der Waals surface area contributed by atoms with E-state index in [0.717, 1.165) is 29.7 Å². The second-order valence-corrected chi connectivity index (χ2v) is 5.63. The zero-order chi connectivity index (χ0) is 16.4. The minimum Gasteiger partial charge on any atom is -0.496 e. The average Bonchev–Trinajstić information content (AvgIpc) is 2.51. The number of anilines is 1. The van der Waals surface area contributed by atoms with Crippen LogP contribution in [0.15, 0.2) is 24.3 Å². The third-order valence-electron chi connectivity index (χ3n) is 4.40. The first-order valence-electron chi connectivity index (χ1n) is 7.61. The summed E-state index contributed by atoms with van der Waals surface area (Å²) in [7, 11) is 3.20. The van der Waals surface area contributed by atoms with E-state index < -0.39 is 0 Å². The summed E-state index contributed by atoms with van der Waals surface area (Å²) >= 11 is 0. The summed E-state index contributed by atoms with van der Waals surface area (Å²) in [5, 5.41) is 9.54. The van der Waals surface area contributed by atoms with Crippen LogP contribution in [0.3, 0.4) is 0 Å². The number of nitrogens with two attached hydrogens (primary N) is 1. The molecule has 0 amide bonds. The van der Waals surface area contributed by atoms with E-state index in [2.05, 4.69) is 11.1 Å². The fourth-order valence-electron chi connectivity index (χ4n) is 2.93. The molecule has 0 radical (unpaired) electrons. The van der Waals surface area contributed by atoms with Gasteiger partial charge in [0.25, 0.3) is 0 Å². The molecule has 0 spiro atoms. The van der Waals surface area contributed by atoms with Crippen LogP contribution < -0.4 is 15.2 Å². The van der Waals surface area contributed by atoms with Gasteiger partial charge in [-0.3, -0.25) is 0 Å². The Bertz CT molecular complexity index is 754. The van der Waals surface area contributed by atoms with Gasteiger partial charge in [0.1, 0.15) is 28.9 Å². The number of nitrogens with zero attached hydrogens (tertiary/aromatic N) is 2. The maximum absolute atomic E-state index is 9.54. The first-order valence-corrected chi connectivity index (χ1v) is 7.61. The van der Waals surface area contributed by atoms with E-state index in [1.165, 1.54) is 6.42 Å². The van der Waals surface area contributed by atoms with Gasteiger partial charge < -0.3 is 15.2 Å². The fourth-order valence-corrected chi connectivity index (χ4v) is 2.93. The van der Waals surface area contributed by atoms with E-state index in [1.54, 1.807) is 14.2 Å². The number of rotatable bonds is 4. The molecule has 1 heterocycles. The minimum absolute atomic E-state index is 0.264. The number of pyridine rings is 1. The lowest BCUT2D eigenvalue weighted by atomic mass is 9.81. The highest BCUT2D eigenvalue weighted by molar-refractivity contribution is 5.84. The summed E-state index contributed by atoms with van der Waals surface area (Å²) < 4.78 is 10.9. The van der Waals surface area contributed by atoms with E-state index in [0.29, 0.717) is 23.0 Å². The van der Waals surface area contributed by atoms with E-state index in [9.17, 15) is 5.26 Å². The maximum Gasteiger partial charge on any atom is 0.142 e. The smallest absolute Gasteiger partial charge is 0.142 e. The molecule has 118 valence electrons. The average molecular weight is 309 g/mol. The molecular weight excluding hydrogens is 290 g/mol. The van der Waals surface area contributed by atoms with Crippen LogP contribution in [0, 0.1) is 11.3 Å². The molecule has 1 saturated carbocycles. The van der Waals surface area contributed by atoms with Crippen molar-refractivity contribution in [2.24, 2.45) is 0 Å². The van der Waals surface area contributed by atoms with Crippen molar-refractivity contribution in [3.8, 4) is 28.7 Å². The van der Waals surface area contributed by atoms with Crippen LogP contribution in [0.25, 0.3) is 11.1 Å². The van der Waals surface area contributed by atoms with Gasteiger partial charge in [-0.05, 0) is 31.0 Å². The standard InChI is InChI=1S/C18H19N3O2/c1-22-15-7-4-8-16(23-2)17(15)12-9-14(11-5-3-6-11)21-18(20)13(12)10-19/h4,7-9,11H,3,5-6H2,1-2H3,(H2,20,21). The predicted molar refractivity (Wildman–Crippen MR) is 88.5 cm³/mol. The lowest BCUT2D eigenvalue weighted by molar-refractivity contribution is 0.397. The predicted octanol–water partition coefficient (Wildman–Crippen LogP) is 3.49. The Morgan fingerprint density at radius 1 is 1.22 bits per heavy atom. The summed E-state index contributed by atoms with van der Waals surface area (Å²) in [5.41, 5.74) is 8.81. The van der Waals surface area contributed by atoms with Gasteiger partial charge in [-0.2, -0.15) is 5.26 Å². The summed E-state index contributed by atoms with van der Waals surface area (Å²) in [6.45, 7) is 0. The van der Waals surface area contributed by atoms with Gasteiger partial charge in [-0.25, -0.2) is 4.98 Å². The summed E-state index contributed by atoms with van der Waals surface area (Å²) in [6, 6.07) is 9.67. The molecule has 2 N–H and O–H groups in total. The lowest BCUT2D eigenvalue weighted by Crippen LogP contribution is -2.13. The van der Waals surface area contributed by atoms with Gasteiger partial charge in [-0.15, -0.1) is 0 Å². The van der Waals surface area contributed by atoms with Gasteiger partial charge in [0.15, 0.2) is 0 Å². The molecule has 1 aromatic heterocycles. The van der Waals surface area contributed by atoms with Gasteiger partial charge in [0.2, 0.25) is 0 Å². The van der Waals surface area contributed by atoms with Crippen LogP contribution in [0.2, 0.25) is 0 Å². The van der Waals surface area contributed by atoms with Crippen LogP contribution in [0.1, 0.15) is 36.4 Å². The van der Waals surface area contributed by atoms with Gasteiger partial charge in [0.05, 0.1) is 19.8 Å². The number of ether oxygens (including phenoxy) is 2. The van der Waals surface area contributed by atoms with Crippen molar-refractivity contribution in [3.05, 3.63) is 35.5 Å². The van der Waals surface area contributed by atoms with Crippen molar-refractivity contribution in [2.75, 3.05) is 20.0 Å². The van der Waals surface area contributed by atoms with Crippen molar-refractivity contribution in [1.29, 1.82) is 5.26 Å². The van der Waals surface area contributed by atoms with Crippen LogP contribution >= 0.6 is 0 Å². The molecular formula is C18H19N3O2. The number of aromatic nitrogens is 1. The van der Waals surface area contributed by atoms with E-state index >= 15 is 0 Å². The summed E-state index contributed by atoms with van der Waals surface area (Å²) in [6.07, 6.45) is 3.43. The molecule has 1 fully saturated rings. The monoisotopic (exact) mass is 309 g/mol. The largest absolute Gasteiger partial charge is 0.496 e. The molecule has 3 rings (SSSR count). The molecule has 0 atom stereocenters. The molecule has 0 saturated heterocycles. The van der Waals surface area contributed by atoms with Crippen LogP contribution in [-0.2, 0) is 0 Å². The van der Waals surface area contributed by atoms with E-state index in [4.69, 9.17) is 15.2 Å².